The van der Waals surface area contributed by atoms with Crippen LogP contribution in [0, 0.1) is 14.9 Å². The van der Waals surface area contributed by atoms with E-state index in [4.69, 9.17) is 4.57 Å². The van der Waals surface area contributed by atoms with Crippen LogP contribution in [0.2, 0.25) is 0 Å². The molecular formula is C3H9OPY2-2. The van der Waals surface area contributed by atoms with Crippen molar-refractivity contribution in [1.82, 2.24) is 0 Å². The largest absolute Gasteiger partial charge is 0.358 e. The first-order valence-electron chi connectivity index (χ1n) is 0.558. The first-order valence-corrected chi connectivity index (χ1v) is 1.67. The minimum Gasteiger partial charge on any atom is -0.358 e. The van der Waals surface area contributed by atoms with Gasteiger partial charge in [-0.15, -0.1) is 0 Å². The molecule has 0 aliphatic rings. The molecule has 4 heteroatoms. The second-order valence-electron chi connectivity index (χ2n) is 0.144. The van der Waals surface area contributed by atoms with Gasteiger partial charge in [-0.2, -0.15) is 0 Å². The maximum absolute atomic E-state index is 8.85. The van der Waals surface area contributed by atoms with Crippen LogP contribution in [0.1, 0.15) is 0 Å². The second-order valence-corrected chi connectivity index (χ2v) is 0.433. The van der Waals surface area contributed by atoms with Gasteiger partial charge in [0.15, 0.2) is 0 Å². The van der Waals surface area contributed by atoms with E-state index in [1.165, 1.54) is 0 Å². The van der Waals surface area contributed by atoms with E-state index in [0.717, 1.165) is 0 Å². The molecule has 40 valence electrons. The predicted molar refractivity (Wildman–Crippen MR) is 29.0 cm³/mol. The molecule has 1 atom stereocenters. The Labute approximate surface area is 97.6 Å². The number of hydrogen-bond donors (Lipinski definition) is 0. The van der Waals surface area contributed by atoms with Crippen LogP contribution in [0.3, 0.4) is 0 Å². The van der Waals surface area contributed by atoms with Crippen molar-refractivity contribution in [1.29, 1.82) is 0 Å². The van der Waals surface area contributed by atoms with Crippen LogP contribution >= 0.6 is 8.08 Å². The van der Waals surface area contributed by atoms with Crippen LogP contribution in [0.15, 0.2) is 0 Å². The van der Waals surface area contributed by atoms with Crippen molar-refractivity contribution in [3.05, 3.63) is 14.9 Å². The molecule has 7 heavy (non-hydrogen) atoms. The molecule has 0 aliphatic heterocycles. The first-order chi connectivity index (χ1) is 1.41. The molecule has 2 radical (unpaired) electrons. The maximum Gasteiger partial charge on any atom is 0.0754 e. The molecule has 0 saturated heterocycles. The Morgan fingerprint density at radius 3 is 1.14 bits per heavy atom. The van der Waals surface area contributed by atoms with Crippen LogP contribution in [0.4, 0.5) is 0 Å². The zero-order chi connectivity index (χ0) is 2.71. The summed E-state index contributed by atoms with van der Waals surface area (Å²) in [5.74, 6) is 0. The summed E-state index contributed by atoms with van der Waals surface area (Å²) >= 11 is 0. The van der Waals surface area contributed by atoms with Crippen LogP contribution < -0.4 is 0 Å². The Hall–Kier alpha value is 2.18. The SMILES string of the molecule is C=[PH]=O.[CH3-].[CH3-].[Y].[Y]. The molecule has 0 aromatic carbocycles. The molecule has 0 aromatic rings. The van der Waals surface area contributed by atoms with E-state index in [0.29, 0.717) is 0 Å². The summed E-state index contributed by atoms with van der Waals surface area (Å²) in [5.41, 5.74) is 0. The molecular weight excluding hydrogens is 261 g/mol. The van der Waals surface area contributed by atoms with Crippen LogP contribution in [0.25, 0.3) is 0 Å². The Kier molecular flexibility index (Phi) is 210. The van der Waals surface area contributed by atoms with Crippen LogP contribution in [-0.4, -0.2) is 6.30 Å². The van der Waals surface area contributed by atoms with E-state index in [-0.39, 0.29) is 80.3 Å². The molecule has 0 spiro atoms. The summed E-state index contributed by atoms with van der Waals surface area (Å²) in [6.45, 7) is 0. The quantitative estimate of drug-likeness (QED) is 0.479. The molecule has 0 rings (SSSR count). The van der Waals surface area contributed by atoms with Crippen molar-refractivity contribution in [2.45, 2.75) is 0 Å². The zero-order valence-electron chi connectivity index (χ0n) is 4.77. The van der Waals surface area contributed by atoms with Crippen molar-refractivity contribution in [3.63, 3.8) is 0 Å². The van der Waals surface area contributed by atoms with Gasteiger partial charge in [0.25, 0.3) is 0 Å². The third-order valence-corrected chi connectivity index (χ3v) is 0. The Morgan fingerprint density at radius 1 is 1.14 bits per heavy atom. The van der Waals surface area contributed by atoms with Crippen molar-refractivity contribution in [3.8, 4) is 0 Å². The maximum atomic E-state index is 8.85. The smallest absolute Gasteiger partial charge is 0.0754 e. The van der Waals surface area contributed by atoms with Crippen molar-refractivity contribution in [2.75, 3.05) is 0 Å². The minimum absolute atomic E-state index is 0. The van der Waals surface area contributed by atoms with E-state index >= 15 is 0 Å². The molecule has 0 bridgehead atoms. The average Bonchev–Trinajstić information content (AvgIpc) is 0.918. The standard InChI is InChI=1S/CH3OP.2CH3.2Y/c1-3-2;;;;/h3H,1H2;2*1H3;;/q;2*-1;;. The van der Waals surface area contributed by atoms with E-state index < -0.39 is 8.08 Å². The molecule has 0 amide bonds. The second kappa shape index (κ2) is 41.7. The third kappa shape index (κ3) is 65.8. The van der Waals surface area contributed by atoms with E-state index in [9.17, 15) is 0 Å². The normalized spacial score (nSPS) is 2.86. The Balaban J connectivity index is -0.00000000333. The summed E-state index contributed by atoms with van der Waals surface area (Å²) in [6, 6.07) is 0. The van der Waals surface area contributed by atoms with Gasteiger partial charge >= 0.3 is 0 Å². The summed E-state index contributed by atoms with van der Waals surface area (Å²) in [4.78, 5) is 0. The molecule has 0 heterocycles. The predicted octanol–water partition coefficient (Wildman–Crippen LogP) is 1.34. The molecule has 0 fully saturated rings. The van der Waals surface area contributed by atoms with Crippen LogP contribution in [0.5, 0.6) is 0 Å². The van der Waals surface area contributed by atoms with Gasteiger partial charge in [-0.1, -0.05) is 0 Å². The average molecular weight is 270 g/mol. The zero-order valence-corrected chi connectivity index (χ0v) is 11.4. The van der Waals surface area contributed by atoms with Crippen molar-refractivity contribution < 1.29 is 70.0 Å². The van der Waals surface area contributed by atoms with Gasteiger partial charge in [-0.05, 0) is 6.30 Å². The minimum atomic E-state index is -0.417. The summed E-state index contributed by atoms with van der Waals surface area (Å²) < 4.78 is 8.85. The molecule has 0 aliphatic carbocycles. The topological polar surface area (TPSA) is 17.1 Å². The van der Waals surface area contributed by atoms with Gasteiger partial charge in [0.1, 0.15) is 0 Å². The van der Waals surface area contributed by atoms with E-state index in [1.54, 1.807) is 0 Å². The Bertz CT molecular complexity index is 33.9. The Morgan fingerprint density at radius 2 is 1.14 bits per heavy atom. The molecule has 1 nitrogen and oxygen atoms in total. The number of rotatable bonds is 0. The fourth-order valence-corrected chi connectivity index (χ4v) is 0. The molecule has 0 saturated carbocycles. The van der Waals surface area contributed by atoms with Crippen molar-refractivity contribution >= 4 is 14.4 Å². The molecule has 1 unspecified atom stereocenters. The first kappa shape index (κ1) is 35.2. The van der Waals surface area contributed by atoms with Crippen molar-refractivity contribution in [2.24, 2.45) is 0 Å². The fourth-order valence-electron chi connectivity index (χ4n) is 0. The van der Waals surface area contributed by atoms with Gasteiger partial charge in [0, 0.05) is 65.4 Å². The monoisotopic (exact) mass is 270 g/mol. The fraction of sp³-hybridized carbons (Fsp3) is 0. The van der Waals surface area contributed by atoms with E-state index in [1.807, 2.05) is 0 Å². The summed E-state index contributed by atoms with van der Waals surface area (Å²) in [6.07, 6.45) is 2.96. The summed E-state index contributed by atoms with van der Waals surface area (Å²) in [5, 5.41) is 0. The molecule has 0 aromatic heterocycles. The third-order valence-electron chi connectivity index (χ3n) is 0. The number of hydrogen-bond acceptors (Lipinski definition) is 1. The van der Waals surface area contributed by atoms with Gasteiger partial charge in [0.05, 0.1) is 8.08 Å². The van der Waals surface area contributed by atoms with Crippen LogP contribution in [-0.2, 0) is 70.0 Å². The molecule has 0 N–H and O–H groups in total. The van der Waals surface area contributed by atoms with Gasteiger partial charge in [-0.3, -0.25) is 4.57 Å². The van der Waals surface area contributed by atoms with Gasteiger partial charge in [0.2, 0.25) is 0 Å². The van der Waals surface area contributed by atoms with E-state index in [2.05, 4.69) is 6.30 Å². The van der Waals surface area contributed by atoms with Gasteiger partial charge < -0.3 is 14.9 Å². The van der Waals surface area contributed by atoms with Gasteiger partial charge in [-0.25, -0.2) is 0 Å². The summed E-state index contributed by atoms with van der Waals surface area (Å²) in [7, 11) is -0.417.